The lowest BCUT2D eigenvalue weighted by Crippen LogP contribution is -2.62. The summed E-state index contributed by atoms with van der Waals surface area (Å²) in [5.41, 5.74) is 3.40. The molecule has 6 rings (SSSR count). The van der Waals surface area contributed by atoms with E-state index >= 15 is 0 Å². The first kappa shape index (κ1) is 31.2. The molecule has 3 N–H and O–H groups in total. The minimum atomic E-state index is -0.867. The highest BCUT2D eigenvalue weighted by atomic mass is 32.1. The summed E-state index contributed by atoms with van der Waals surface area (Å²) in [5, 5.41) is 16.1. The number of benzene rings is 1. The molecule has 0 heterocycles. The number of carbonyl (C=O) groups excluding carboxylic acids is 1. The van der Waals surface area contributed by atoms with Crippen LogP contribution in [0, 0.1) is 51.2 Å². The molecule has 1 amide bonds. The smallest absolute Gasteiger partial charge is 0.335 e. The first-order chi connectivity index (χ1) is 20.5. The molecule has 0 aliphatic heterocycles. The van der Waals surface area contributed by atoms with Crippen LogP contribution in [0.3, 0.4) is 0 Å². The second-order valence-electron chi connectivity index (χ2n) is 15.9. The lowest BCUT2D eigenvalue weighted by molar-refractivity contribution is -0.181. The van der Waals surface area contributed by atoms with E-state index in [0.717, 1.165) is 44.0 Å². The quantitative estimate of drug-likeness (QED) is 0.183. The molecule has 4 saturated carbocycles. The monoisotopic (exact) mass is 606 g/mol. The summed E-state index contributed by atoms with van der Waals surface area (Å²) >= 11 is 4.28. The predicted octanol–water partition coefficient (Wildman–Crippen LogP) is 7.48. The van der Waals surface area contributed by atoms with Crippen LogP contribution in [0.4, 0.5) is 0 Å². The summed E-state index contributed by atoms with van der Waals surface area (Å²) in [6, 6.07) is 7.55. The molecule has 0 bridgehead atoms. The van der Waals surface area contributed by atoms with Crippen molar-refractivity contribution in [3.63, 3.8) is 0 Å². The molecule has 1 aromatic rings. The molecule has 43 heavy (non-hydrogen) atoms. The summed E-state index contributed by atoms with van der Waals surface area (Å²) in [7, 11) is 0. The van der Waals surface area contributed by atoms with E-state index in [9.17, 15) is 14.7 Å². The third kappa shape index (κ3) is 4.92. The fraction of sp³-hybridized carbons (Fsp3) is 0.730. The van der Waals surface area contributed by atoms with E-state index in [1.165, 1.54) is 56.1 Å². The molecule has 5 aliphatic carbocycles. The molecule has 0 aromatic heterocycles. The molecule has 8 atom stereocenters. The molecule has 5 aliphatic rings. The van der Waals surface area contributed by atoms with Gasteiger partial charge in [0.05, 0.1) is 11.0 Å². The molecule has 236 valence electrons. The highest BCUT2D eigenvalue weighted by Crippen LogP contribution is 2.73. The average molecular weight is 607 g/mol. The number of thiol groups is 1. The maximum absolute atomic E-state index is 13.8. The van der Waals surface area contributed by atoms with E-state index < -0.39 is 5.97 Å². The van der Waals surface area contributed by atoms with Crippen molar-refractivity contribution >= 4 is 30.1 Å². The maximum atomic E-state index is 13.8. The number of fused-ring (bicyclic) bond motifs is 7. The zero-order valence-electron chi connectivity index (χ0n) is 26.9. The number of carbonyl (C=O) groups is 2. The zero-order valence-corrected chi connectivity index (χ0v) is 27.8. The van der Waals surface area contributed by atoms with Crippen LogP contribution in [-0.4, -0.2) is 42.4 Å². The molecule has 0 radical (unpaired) electrons. The van der Waals surface area contributed by atoms with Crippen LogP contribution in [0.1, 0.15) is 108 Å². The number of carboxylic acid groups (broad SMARTS) is 1. The SMILES string of the molecule is CC1(C)C(c2ccc(C(=O)O)cc2)=CCC2(C)C1CCC1(C)C3CCC4(C(=O)NCCNCCS)CCCC4C3CCC12. The van der Waals surface area contributed by atoms with Crippen molar-refractivity contribution in [3.05, 3.63) is 41.5 Å². The fourth-order valence-electron chi connectivity index (χ4n) is 12.1. The normalized spacial score (nSPS) is 39.5. The predicted molar refractivity (Wildman–Crippen MR) is 177 cm³/mol. The fourth-order valence-corrected chi connectivity index (χ4v) is 12.3. The minimum absolute atomic E-state index is 0.0307. The average Bonchev–Trinajstić information content (AvgIpc) is 3.43. The van der Waals surface area contributed by atoms with Gasteiger partial charge in [0, 0.05) is 25.4 Å². The first-order valence-electron chi connectivity index (χ1n) is 17.1. The van der Waals surface area contributed by atoms with Crippen LogP contribution < -0.4 is 10.6 Å². The summed E-state index contributed by atoms with van der Waals surface area (Å²) in [5.74, 6) is 3.55. The van der Waals surface area contributed by atoms with Gasteiger partial charge in [0.1, 0.15) is 0 Å². The Labute approximate surface area is 264 Å². The lowest BCUT2D eigenvalue weighted by atomic mass is 9.36. The van der Waals surface area contributed by atoms with Crippen LogP contribution in [0.25, 0.3) is 5.57 Å². The van der Waals surface area contributed by atoms with E-state index in [-0.39, 0.29) is 16.2 Å². The second kappa shape index (κ2) is 11.5. The first-order valence-corrected chi connectivity index (χ1v) is 17.8. The Bertz CT molecular complexity index is 1260. The summed E-state index contributed by atoms with van der Waals surface area (Å²) < 4.78 is 0. The van der Waals surface area contributed by atoms with Gasteiger partial charge in [-0.1, -0.05) is 52.3 Å². The van der Waals surface area contributed by atoms with Crippen LogP contribution in [0.5, 0.6) is 0 Å². The van der Waals surface area contributed by atoms with Crippen molar-refractivity contribution in [2.24, 2.45) is 51.2 Å². The Morgan fingerprint density at radius 2 is 1.63 bits per heavy atom. The topological polar surface area (TPSA) is 78.4 Å². The maximum Gasteiger partial charge on any atom is 0.335 e. The number of rotatable bonds is 8. The van der Waals surface area contributed by atoms with Gasteiger partial charge in [-0.3, -0.25) is 4.79 Å². The molecular formula is C37H54N2O3S. The minimum Gasteiger partial charge on any atom is -0.478 e. The zero-order chi connectivity index (χ0) is 30.6. The van der Waals surface area contributed by atoms with Gasteiger partial charge >= 0.3 is 5.97 Å². The largest absolute Gasteiger partial charge is 0.478 e. The van der Waals surface area contributed by atoms with Crippen LogP contribution in [0.2, 0.25) is 0 Å². The van der Waals surface area contributed by atoms with Gasteiger partial charge in [0.15, 0.2) is 0 Å². The number of aromatic carboxylic acids is 1. The Balaban J connectivity index is 1.22. The standard InChI is InChI=1S/C37H54N2O3S/c1-34(2)27(24-7-9-25(10-8-24)32(40)41)13-17-36(4)30(34)15-18-35(3)28-14-19-37(33(42)39-21-20-38-22-23-43)16-5-6-29(37)26(28)11-12-31(35)36/h7-10,13,26,28-31,38,43H,5-6,11-12,14-23H2,1-4H3,(H,39,42)(H,40,41). The number of allylic oxidation sites excluding steroid dienone is 2. The summed E-state index contributed by atoms with van der Waals surface area (Å²) in [6.45, 7) is 12.6. The van der Waals surface area contributed by atoms with Crippen molar-refractivity contribution in [2.75, 3.05) is 25.4 Å². The van der Waals surface area contributed by atoms with Crippen molar-refractivity contribution in [1.82, 2.24) is 10.6 Å². The molecule has 1 aromatic carbocycles. The molecule has 8 unspecified atom stereocenters. The Morgan fingerprint density at radius 1 is 0.860 bits per heavy atom. The summed E-state index contributed by atoms with van der Waals surface area (Å²) in [6.07, 6.45) is 14.5. The lowest BCUT2D eigenvalue weighted by Gasteiger charge is -2.68. The van der Waals surface area contributed by atoms with Gasteiger partial charge in [0.25, 0.3) is 0 Å². The van der Waals surface area contributed by atoms with E-state index in [1.807, 2.05) is 12.1 Å². The summed E-state index contributed by atoms with van der Waals surface area (Å²) in [4.78, 5) is 25.2. The van der Waals surface area contributed by atoms with Crippen molar-refractivity contribution < 1.29 is 14.7 Å². The molecule has 5 nitrogen and oxygen atoms in total. The highest BCUT2D eigenvalue weighted by Gasteiger charge is 2.66. The van der Waals surface area contributed by atoms with Crippen molar-refractivity contribution in [3.8, 4) is 0 Å². The number of hydrogen-bond acceptors (Lipinski definition) is 4. The molecule has 0 spiro atoms. The molecule has 0 saturated heterocycles. The Morgan fingerprint density at radius 3 is 2.35 bits per heavy atom. The van der Waals surface area contributed by atoms with Gasteiger partial charge in [-0.15, -0.1) is 0 Å². The van der Waals surface area contributed by atoms with Gasteiger partial charge in [-0.05, 0) is 127 Å². The third-order valence-electron chi connectivity index (χ3n) is 13.9. The number of amides is 1. The molecule has 6 heteroatoms. The van der Waals surface area contributed by atoms with Crippen LogP contribution in [0.15, 0.2) is 30.3 Å². The van der Waals surface area contributed by atoms with Crippen LogP contribution in [-0.2, 0) is 4.79 Å². The van der Waals surface area contributed by atoms with Crippen molar-refractivity contribution in [2.45, 2.75) is 91.9 Å². The van der Waals surface area contributed by atoms with E-state index in [1.54, 1.807) is 12.1 Å². The number of hydrogen-bond donors (Lipinski definition) is 4. The van der Waals surface area contributed by atoms with E-state index in [0.29, 0.717) is 47.1 Å². The van der Waals surface area contributed by atoms with Crippen molar-refractivity contribution in [1.29, 1.82) is 0 Å². The van der Waals surface area contributed by atoms with Gasteiger partial charge < -0.3 is 15.7 Å². The molecule has 4 fully saturated rings. The second-order valence-corrected chi connectivity index (χ2v) is 16.3. The van der Waals surface area contributed by atoms with E-state index in [2.05, 4.69) is 57.0 Å². The third-order valence-corrected chi connectivity index (χ3v) is 14.1. The molecular weight excluding hydrogens is 552 g/mol. The highest BCUT2D eigenvalue weighted by molar-refractivity contribution is 7.80. The Hall–Kier alpha value is -1.79. The van der Waals surface area contributed by atoms with Gasteiger partial charge in [-0.25, -0.2) is 4.79 Å². The number of carboxylic acids is 1. The van der Waals surface area contributed by atoms with E-state index in [4.69, 9.17) is 0 Å². The van der Waals surface area contributed by atoms with Gasteiger partial charge in [0.2, 0.25) is 5.91 Å². The number of nitrogens with one attached hydrogen (secondary N) is 2. The Kier molecular flexibility index (Phi) is 8.37. The van der Waals surface area contributed by atoms with Gasteiger partial charge in [-0.2, -0.15) is 12.6 Å². The van der Waals surface area contributed by atoms with Crippen LogP contribution >= 0.6 is 12.6 Å².